The number of aryl methyl sites for hydroxylation is 1. The number of rotatable bonds is 4. The minimum atomic E-state index is -0.428. The fraction of sp³-hybridized carbons (Fsp3) is 0.789. The van der Waals surface area contributed by atoms with Crippen LogP contribution in [0.5, 0.6) is 0 Å². The van der Waals surface area contributed by atoms with Crippen LogP contribution >= 0.6 is 0 Å². The first kappa shape index (κ1) is 18.2. The molecule has 25 heavy (non-hydrogen) atoms. The number of carbonyl (C=O) groups excluding carboxylic acids is 1. The number of aromatic nitrogens is 1. The van der Waals surface area contributed by atoms with Crippen molar-refractivity contribution in [3.05, 3.63) is 17.5 Å². The average Bonchev–Trinajstić information content (AvgIpc) is 3.17. The van der Waals surface area contributed by atoms with E-state index >= 15 is 0 Å². The molecule has 0 radical (unpaired) electrons. The number of nitrogens with one attached hydrogen (secondary N) is 1. The molecule has 1 N–H and O–H groups in total. The molecule has 2 heterocycles. The van der Waals surface area contributed by atoms with E-state index in [2.05, 4.69) is 17.4 Å². The summed E-state index contributed by atoms with van der Waals surface area (Å²) < 4.78 is 10.9. The fourth-order valence-electron chi connectivity index (χ4n) is 4.02. The van der Waals surface area contributed by atoms with Gasteiger partial charge in [-0.1, -0.05) is 12.1 Å². The standard InChI is InChI=1S/C19H31N3O3/c1-5-14-11-16(25-21-14)12-20-15-6-7-17-13(10-15)8-9-22(17)18(23)24-19(2,3)4/h11,13,15,17,20H,5-10,12H2,1-4H3/t13-,15?,17+/m0/s1. The SMILES string of the molecule is CCc1cc(CNC2CC[C@@H]3[C@@H](CCN3C(=O)OC(C)(C)C)C2)on1. The molecule has 1 aromatic rings. The minimum absolute atomic E-state index is 0.153. The molecular formula is C19H31N3O3. The number of amides is 1. The number of ether oxygens (including phenoxy) is 1. The Bertz CT molecular complexity index is 593. The molecule has 2 aliphatic rings. The molecule has 1 amide bonds. The Kier molecular flexibility index (Phi) is 5.37. The average molecular weight is 349 g/mol. The number of fused-ring (bicyclic) bond motifs is 1. The molecule has 1 saturated heterocycles. The van der Waals surface area contributed by atoms with Crippen molar-refractivity contribution in [1.29, 1.82) is 0 Å². The summed E-state index contributed by atoms with van der Waals surface area (Å²) in [6.45, 7) is 9.39. The largest absolute Gasteiger partial charge is 0.444 e. The van der Waals surface area contributed by atoms with Gasteiger partial charge in [-0.25, -0.2) is 4.79 Å². The van der Waals surface area contributed by atoms with E-state index < -0.39 is 5.60 Å². The van der Waals surface area contributed by atoms with Crippen molar-refractivity contribution in [3.63, 3.8) is 0 Å². The summed E-state index contributed by atoms with van der Waals surface area (Å²) >= 11 is 0. The number of hydrogen-bond donors (Lipinski definition) is 1. The van der Waals surface area contributed by atoms with E-state index in [9.17, 15) is 4.79 Å². The van der Waals surface area contributed by atoms with Crippen LogP contribution in [0.15, 0.2) is 10.6 Å². The van der Waals surface area contributed by atoms with Crippen LogP contribution in [0.25, 0.3) is 0 Å². The van der Waals surface area contributed by atoms with Gasteiger partial charge in [0.2, 0.25) is 0 Å². The molecule has 140 valence electrons. The van der Waals surface area contributed by atoms with Gasteiger partial charge in [0, 0.05) is 24.7 Å². The molecule has 1 aromatic heterocycles. The van der Waals surface area contributed by atoms with Crippen molar-refractivity contribution in [2.45, 2.75) is 84.0 Å². The Morgan fingerprint density at radius 2 is 2.20 bits per heavy atom. The normalized spacial score (nSPS) is 26.6. The highest BCUT2D eigenvalue weighted by atomic mass is 16.6. The second kappa shape index (κ2) is 7.36. The van der Waals surface area contributed by atoms with E-state index in [0.717, 1.165) is 56.6 Å². The van der Waals surface area contributed by atoms with Gasteiger partial charge in [0.15, 0.2) is 5.76 Å². The smallest absolute Gasteiger partial charge is 0.410 e. The summed E-state index contributed by atoms with van der Waals surface area (Å²) in [6.07, 6.45) is 5.05. The molecule has 0 aromatic carbocycles. The van der Waals surface area contributed by atoms with Crippen LogP contribution in [0.1, 0.15) is 64.8 Å². The Morgan fingerprint density at radius 3 is 2.88 bits per heavy atom. The highest BCUT2D eigenvalue weighted by Crippen LogP contribution is 2.37. The monoisotopic (exact) mass is 349 g/mol. The summed E-state index contributed by atoms with van der Waals surface area (Å²) in [4.78, 5) is 14.4. The van der Waals surface area contributed by atoms with Crippen molar-refractivity contribution in [1.82, 2.24) is 15.4 Å². The van der Waals surface area contributed by atoms with Crippen LogP contribution in [0.4, 0.5) is 4.79 Å². The van der Waals surface area contributed by atoms with Gasteiger partial charge in [-0.3, -0.25) is 0 Å². The van der Waals surface area contributed by atoms with E-state index in [1.54, 1.807) is 0 Å². The minimum Gasteiger partial charge on any atom is -0.444 e. The summed E-state index contributed by atoms with van der Waals surface area (Å²) in [5.41, 5.74) is 0.576. The third-order valence-corrected chi connectivity index (χ3v) is 5.25. The highest BCUT2D eigenvalue weighted by molar-refractivity contribution is 5.69. The second-order valence-electron chi connectivity index (χ2n) is 8.32. The predicted molar refractivity (Wildman–Crippen MR) is 95.2 cm³/mol. The van der Waals surface area contributed by atoms with Gasteiger partial charge in [-0.15, -0.1) is 0 Å². The predicted octanol–water partition coefficient (Wildman–Crippen LogP) is 3.50. The topological polar surface area (TPSA) is 67.6 Å². The molecule has 3 atom stereocenters. The molecule has 0 bridgehead atoms. The van der Waals surface area contributed by atoms with E-state index in [1.165, 1.54) is 0 Å². The molecule has 6 nitrogen and oxygen atoms in total. The molecule has 3 rings (SSSR count). The molecule has 2 fully saturated rings. The van der Waals surface area contributed by atoms with Crippen LogP contribution in [-0.2, 0) is 17.7 Å². The van der Waals surface area contributed by atoms with E-state index in [-0.39, 0.29) is 6.09 Å². The van der Waals surface area contributed by atoms with Crippen LogP contribution in [0.2, 0.25) is 0 Å². The summed E-state index contributed by atoms with van der Waals surface area (Å²) in [5.74, 6) is 1.47. The maximum absolute atomic E-state index is 12.4. The van der Waals surface area contributed by atoms with Crippen molar-refractivity contribution in [3.8, 4) is 0 Å². The fourth-order valence-corrected chi connectivity index (χ4v) is 4.02. The number of hydrogen-bond acceptors (Lipinski definition) is 5. The van der Waals surface area contributed by atoms with Crippen molar-refractivity contribution >= 4 is 6.09 Å². The molecular weight excluding hydrogens is 318 g/mol. The first-order chi connectivity index (χ1) is 11.9. The first-order valence-corrected chi connectivity index (χ1v) is 9.53. The van der Waals surface area contributed by atoms with Gasteiger partial charge in [-0.05, 0) is 58.8 Å². The number of carbonyl (C=O) groups is 1. The third-order valence-electron chi connectivity index (χ3n) is 5.25. The molecule has 1 aliphatic carbocycles. The van der Waals surface area contributed by atoms with Gasteiger partial charge in [-0.2, -0.15) is 0 Å². The Morgan fingerprint density at radius 1 is 1.40 bits per heavy atom. The second-order valence-corrected chi connectivity index (χ2v) is 8.32. The zero-order valence-corrected chi connectivity index (χ0v) is 15.9. The van der Waals surface area contributed by atoms with Crippen LogP contribution in [-0.4, -0.2) is 40.4 Å². The number of likely N-dealkylation sites (tertiary alicyclic amines) is 1. The van der Waals surface area contributed by atoms with Crippen LogP contribution in [0, 0.1) is 5.92 Å². The molecule has 0 spiro atoms. The van der Waals surface area contributed by atoms with Crippen molar-refractivity contribution < 1.29 is 14.1 Å². The number of nitrogens with zero attached hydrogens (tertiary/aromatic N) is 2. The molecule has 1 saturated carbocycles. The van der Waals surface area contributed by atoms with Gasteiger partial charge in [0.1, 0.15) is 5.60 Å². The van der Waals surface area contributed by atoms with Crippen molar-refractivity contribution in [2.75, 3.05) is 6.54 Å². The van der Waals surface area contributed by atoms with E-state index in [0.29, 0.717) is 18.0 Å². The van der Waals surface area contributed by atoms with Gasteiger partial charge < -0.3 is 19.5 Å². The summed E-state index contributed by atoms with van der Waals surface area (Å²) in [6, 6.07) is 2.85. The quantitative estimate of drug-likeness (QED) is 0.901. The van der Waals surface area contributed by atoms with Gasteiger partial charge in [0.05, 0.1) is 12.2 Å². The van der Waals surface area contributed by atoms with Crippen LogP contribution < -0.4 is 5.32 Å². The van der Waals surface area contributed by atoms with E-state index in [4.69, 9.17) is 9.26 Å². The van der Waals surface area contributed by atoms with Crippen LogP contribution in [0.3, 0.4) is 0 Å². The first-order valence-electron chi connectivity index (χ1n) is 9.53. The molecule has 1 unspecified atom stereocenters. The third kappa shape index (κ3) is 4.54. The summed E-state index contributed by atoms with van der Waals surface area (Å²) in [5, 5.41) is 7.64. The highest BCUT2D eigenvalue weighted by Gasteiger charge is 2.42. The van der Waals surface area contributed by atoms with E-state index in [1.807, 2.05) is 31.7 Å². The lowest BCUT2D eigenvalue weighted by molar-refractivity contribution is 0.0172. The zero-order valence-electron chi connectivity index (χ0n) is 15.9. The Hall–Kier alpha value is -1.56. The molecule has 6 heteroatoms. The molecule has 1 aliphatic heterocycles. The maximum atomic E-state index is 12.4. The lowest BCUT2D eigenvalue weighted by Gasteiger charge is -2.36. The maximum Gasteiger partial charge on any atom is 0.410 e. The van der Waals surface area contributed by atoms with Crippen molar-refractivity contribution in [2.24, 2.45) is 5.92 Å². The van der Waals surface area contributed by atoms with Gasteiger partial charge in [0.25, 0.3) is 0 Å². The Labute approximate surface area is 150 Å². The lowest BCUT2D eigenvalue weighted by Crippen LogP contribution is -2.46. The summed E-state index contributed by atoms with van der Waals surface area (Å²) in [7, 11) is 0. The van der Waals surface area contributed by atoms with Gasteiger partial charge >= 0.3 is 6.09 Å². The zero-order chi connectivity index (χ0) is 18.0. The lowest BCUT2D eigenvalue weighted by atomic mass is 9.82. The Balaban J connectivity index is 1.49.